The standard InChI is InChI=1S/C11H16O5/c1-6(2)15-10(13)9-8(12)5-14-11(9)16-7(3)4/h6-7H,5H2,1-4H3. The summed E-state index contributed by atoms with van der Waals surface area (Å²) in [6.45, 7) is 6.82. The molecule has 0 aliphatic carbocycles. The summed E-state index contributed by atoms with van der Waals surface area (Å²) in [7, 11) is 0. The molecule has 1 heterocycles. The van der Waals surface area contributed by atoms with Crippen LogP contribution in [0.1, 0.15) is 27.7 Å². The molecule has 0 unspecified atom stereocenters. The number of ether oxygens (including phenoxy) is 3. The van der Waals surface area contributed by atoms with Crippen molar-refractivity contribution in [3.8, 4) is 0 Å². The van der Waals surface area contributed by atoms with Crippen molar-refractivity contribution in [3.05, 3.63) is 11.5 Å². The van der Waals surface area contributed by atoms with Crippen LogP contribution in [0.5, 0.6) is 0 Å². The van der Waals surface area contributed by atoms with Crippen LogP contribution in [-0.4, -0.2) is 30.6 Å². The lowest BCUT2D eigenvalue weighted by molar-refractivity contribution is -0.143. The molecule has 5 heteroatoms. The molecule has 0 bridgehead atoms. The normalized spacial score (nSPS) is 15.8. The highest BCUT2D eigenvalue weighted by Gasteiger charge is 2.34. The fourth-order valence-corrected chi connectivity index (χ4v) is 1.17. The van der Waals surface area contributed by atoms with Gasteiger partial charge in [-0.15, -0.1) is 0 Å². The molecule has 0 aromatic carbocycles. The Morgan fingerprint density at radius 3 is 2.38 bits per heavy atom. The third-order valence-corrected chi connectivity index (χ3v) is 1.71. The minimum atomic E-state index is -0.687. The van der Waals surface area contributed by atoms with Gasteiger partial charge in [-0.2, -0.15) is 0 Å². The van der Waals surface area contributed by atoms with E-state index in [4.69, 9.17) is 14.2 Å². The van der Waals surface area contributed by atoms with E-state index in [2.05, 4.69) is 0 Å². The maximum Gasteiger partial charge on any atom is 0.349 e. The lowest BCUT2D eigenvalue weighted by Crippen LogP contribution is -2.19. The molecule has 0 N–H and O–H groups in total. The fourth-order valence-electron chi connectivity index (χ4n) is 1.17. The number of ketones is 1. The second-order valence-electron chi connectivity index (χ2n) is 3.99. The molecular formula is C11H16O5. The zero-order chi connectivity index (χ0) is 12.3. The van der Waals surface area contributed by atoms with Crippen LogP contribution < -0.4 is 0 Å². The molecule has 0 amide bonds. The lowest BCUT2D eigenvalue weighted by atomic mass is 10.2. The van der Waals surface area contributed by atoms with Crippen LogP contribution in [0.4, 0.5) is 0 Å². The van der Waals surface area contributed by atoms with E-state index < -0.39 is 11.8 Å². The number of hydrogen-bond acceptors (Lipinski definition) is 5. The maximum atomic E-state index is 11.6. The highest BCUT2D eigenvalue weighted by atomic mass is 16.7. The summed E-state index contributed by atoms with van der Waals surface area (Å²) in [6.07, 6.45) is -0.448. The molecule has 90 valence electrons. The molecule has 0 aromatic heterocycles. The summed E-state index contributed by atoms with van der Waals surface area (Å²) >= 11 is 0. The Balaban J connectivity index is 2.85. The number of hydrogen-bond donors (Lipinski definition) is 0. The zero-order valence-corrected chi connectivity index (χ0v) is 9.90. The van der Waals surface area contributed by atoms with Crippen LogP contribution in [-0.2, 0) is 23.8 Å². The molecular weight excluding hydrogens is 212 g/mol. The van der Waals surface area contributed by atoms with E-state index in [0.29, 0.717) is 0 Å². The van der Waals surface area contributed by atoms with Gasteiger partial charge in [-0.3, -0.25) is 4.79 Å². The molecule has 5 nitrogen and oxygen atoms in total. The third kappa shape index (κ3) is 2.98. The van der Waals surface area contributed by atoms with Crippen molar-refractivity contribution in [2.24, 2.45) is 0 Å². The van der Waals surface area contributed by atoms with E-state index in [1.807, 2.05) is 0 Å². The van der Waals surface area contributed by atoms with Crippen molar-refractivity contribution >= 4 is 11.8 Å². The van der Waals surface area contributed by atoms with E-state index in [9.17, 15) is 9.59 Å². The van der Waals surface area contributed by atoms with E-state index >= 15 is 0 Å². The van der Waals surface area contributed by atoms with E-state index in [1.54, 1.807) is 27.7 Å². The second-order valence-corrected chi connectivity index (χ2v) is 3.99. The first kappa shape index (κ1) is 12.5. The van der Waals surface area contributed by atoms with Crippen molar-refractivity contribution in [2.45, 2.75) is 39.9 Å². The molecule has 0 atom stereocenters. The van der Waals surface area contributed by atoms with Crippen molar-refractivity contribution in [1.29, 1.82) is 0 Å². The predicted octanol–water partition coefficient (Wildman–Crippen LogP) is 1.17. The Morgan fingerprint density at radius 1 is 1.25 bits per heavy atom. The topological polar surface area (TPSA) is 61.8 Å². The van der Waals surface area contributed by atoms with Crippen LogP contribution in [0.2, 0.25) is 0 Å². The van der Waals surface area contributed by atoms with Gasteiger partial charge in [0, 0.05) is 0 Å². The van der Waals surface area contributed by atoms with Crippen molar-refractivity contribution in [3.63, 3.8) is 0 Å². The minimum Gasteiger partial charge on any atom is -0.462 e. The highest BCUT2D eigenvalue weighted by molar-refractivity contribution is 6.19. The molecule has 0 spiro atoms. The second kappa shape index (κ2) is 5.01. The monoisotopic (exact) mass is 228 g/mol. The van der Waals surface area contributed by atoms with Gasteiger partial charge in [0.1, 0.15) is 0 Å². The summed E-state index contributed by atoms with van der Waals surface area (Å²) in [5, 5.41) is 0. The molecule has 0 aromatic rings. The van der Waals surface area contributed by atoms with E-state index in [-0.39, 0.29) is 30.3 Å². The van der Waals surface area contributed by atoms with Gasteiger partial charge in [-0.05, 0) is 27.7 Å². The highest BCUT2D eigenvalue weighted by Crippen LogP contribution is 2.20. The summed E-state index contributed by atoms with van der Waals surface area (Å²) in [5.41, 5.74) is -0.123. The van der Waals surface area contributed by atoms with Gasteiger partial charge in [-0.25, -0.2) is 4.79 Å². The lowest BCUT2D eigenvalue weighted by Gasteiger charge is -2.11. The number of Topliss-reactive ketones (excluding diaryl/α,β-unsaturated/α-hetero) is 1. The average Bonchev–Trinajstić information content (AvgIpc) is 2.44. The van der Waals surface area contributed by atoms with Gasteiger partial charge in [-0.1, -0.05) is 0 Å². The number of carbonyl (C=O) groups excluding carboxylic acids is 2. The maximum absolute atomic E-state index is 11.6. The van der Waals surface area contributed by atoms with Crippen LogP contribution in [0, 0.1) is 0 Å². The van der Waals surface area contributed by atoms with Crippen LogP contribution >= 0.6 is 0 Å². The Bertz CT molecular complexity index is 327. The summed E-state index contributed by atoms with van der Waals surface area (Å²) < 4.78 is 15.2. The molecule has 0 fully saturated rings. The summed E-state index contributed by atoms with van der Waals surface area (Å²) in [5.74, 6) is -1.11. The van der Waals surface area contributed by atoms with E-state index in [0.717, 1.165) is 0 Å². The molecule has 0 saturated heterocycles. The molecule has 0 radical (unpaired) electrons. The molecule has 1 aliphatic rings. The van der Waals surface area contributed by atoms with Crippen LogP contribution in [0.3, 0.4) is 0 Å². The Hall–Kier alpha value is -1.52. The Labute approximate surface area is 94.4 Å². The predicted molar refractivity (Wildman–Crippen MR) is 55.4 cm³/mol. The fraction of sp³-hybridized carbons (Fsp3) is 0.636. The third-order valence-electron chi connectivity index (χ3n) is 1.71. The average molecular weight is 228 g/mol. The quantitative estimate of drug-likeness (QED) is 0.534. The van der Waals surface area contributed by atoms with Crippen molar-refractivity contribution in [2.75, 3.05) is 6.61 Å². The summed E-state index contributed by atoms with van der Waals surface area (Å²) in [6, 6.07) is 0. The Morgan fingerprint density at radius 2 is 1.88 bits per heavy atom. The number of carbonyl (C=O) groups is 2. The van der Waals surface area contributed by atoms with Gasteiger partial charge >= 0.3 is 5.97 Å². The largest absolute Gasteiger partial charge is 0.462 e. The van der Waals surface area contributed by atoms with Crippen molar-refractivity contribution in [1.82, 2.24) is 0 Å². The first-order valence-corrected chi connectivity index (χ1v) is 5.19. The van der Waals surface area contributed by atoms with Crippen LogP contribution in [0.25, 0.3) is 0 Å². The van der Waals surface area contributed by atoms with Gasteiger partial charge < -0.3 is 14.2 Å². The SMILES string of the molecule is CC(C)OC(=O)C1=C(OC(C)C)OCC1=O. The van der Waals surface area contributed by atoms with Gasteiger partial charge in [0.05, 0.1) is 12.2 Å². The smallest absolute Gasteiger partial charge is 0.349 e. The van der Waals surface area contributed by atoms with Gasteiger partial charge in [0.25, 0.3) is 5.95 Å². The molecule has 16 heavy (non-hydrogen) atoms. The zero-order valence-electron chi connectivity index (χ0n) is 9.90. The van der Waals surface area contributed by atoms with E-state index in [1.165, 1.54) is 0 Å². The molecule has 1 rings (SSSR count). The number of rotatable bonds is 4. The van der Waals surface area contributed by atoms with Gasteiger partial charge in [0.15, 0.2) is 12.2 Å². The molecule has 0 saturated carbocycles. The van der Waals surface area contributed by atoms with Crippen LogP contribution in [0.15, 0.2) is 11.5 Å². The Kier molecular flexibility index (Phi) is 3.93. The molecule has 1 aliphatic heterocycles. The first-order valence-electron chi connectivity index (χ1n) is 5.19. The van der Waals surface area contributed by atoms with Gasteiger partial charge in [0.2, 0.25) is 5.78 Å². The number of esters is 1. The minimum absolute atomic E-state index is 0.0225. The summed E-state index contributed by atoms with van der Waals surface area (Å²) in [4.78, 5) is 23.0. The first-order chi connectivity index (χ1) is 7.41. The van der Waals surface area contributed by atoms with Crippen molar-refractivity contribution < 1.29 is 23.8 Å².